The van der Waals surface area contributed by atoms with Crippen LogP contribution in [0.3, 0.4) is 0 Å². The number of thioether (sulfide) groups is 1. The van der Waals surface area contributed by atoms with Crippen LogP contribution in [0.4, 0.5) is 0 Å². The molecule has 1 aromatic rings. The maximum absolute atomic E-state index is 8.58. The van der Waals surface area contributed by atoms with Gasteiger partial charge in [-0.2, -0.15) is 11.8 Å². The van der Waals surface area contributed by atoms with Gasteiger partial charge in [-0.3, -0.25) is 0 Å². The summed E-state index contributed by atoms with van der Waals surface area (Å²) < 4.78 is 5.65. The molecule has 1 unspecified atom stereocenters. The zero-order valence-corrected chi connectivity index (χ0v) is 12.2. The molecule has 20 heavy (non-hydrogen) atoms. The smallest absolute Gasteiger partial charge is 0.170 e. The van der Waals surface area contributed by atoms with Crippen LogP contribution in [0.1, 0.15) is 18.4 Å². The van der Waals surface area contributed by atoms with E-state index in [4.69, 9.17) is 15.7 Å². The fourth-order valence-electron chi connectivity index (χ4n) is 2.11. The van der Waals surface area contributed by atoms with E-state index >= 15 is 0 Å². The van der Waals surface area contributed by atoms with Crippen molar-refractivity contribution in [3.05, 3.63) is 29.8 Å². The predicted molar refractivity (Wildman–Crippen MR) is 82.8 cm³/mol. The van der Waals surface area contributed by atoms with Gasteiger partial charge in [0.1, 0.15) is 12.4 Å². The Morgan fingerprint density at radius 3 is 2.90 bits per heavy atom. The van der Waals surface area contributed by atoms with E-state index in [0.717, 1.165) is 12.3 Å². The van der Waals surface area contributed by atoms with Gasteiger partial charge in [0.05, 0.1) is 0 Å². The molecule has 1 aromatic carbocycles. The second-order valence-corrected chi connectivity index (χ2v) is 5.88. The lowest BCUT2D eigenvalue weighted by Crippen LogP contribution is -2.36. The third kappa shape index (κ3) is 4.61. The molecule has 110 valence electrons. The molecule has 0 amide bonds. The van der Waals surface area contributed by atoms with Gasteiger partial charge in [0.2, 0.25) is 0 Å². The Balaban J connectivity index is 1.68. The van der Waals surface area contributed by atoms with Gasteiger partial charge >= 0.3 is 0 Å². The third-order valence-corrected chi connectivity index (χ3v) is 4.44. The van der Waals surface area contributed by atoms with Crippen LogP contribution in [0.15, 0.2) is 29.4 Å². The number of ether oxygens (including phenoxy) is 1. The summed E-state index contributed by atoms with van der Waals surface area (Å²) in [5, 5.41) is 15.0. The topological polar surface area (TPSA) is 79.9 Å². The average molecular weight is 295 g/mol. The minimum absolute atomic E-state index is 0.105. The molecule has 5 nitrogen and oxygen atoms in total. The van der Waals surface area contributed by atoms with Crippen LogP contribution in [0.25, 0.3) is 0 Å². The van der Waals surface area contributed by atoms with Gasteiger partial charge in [0.15, 0.2) is 5.84 Å². The van der Waals surface area contributed by atoms with E-state index in [1.54, 1.807) is 12.1 Å². The van der Waals surface area contributed by atoms with Crippen molar-refractivity contribution in [2.45, 2.75) is 18.9 Å². The molecule has 1 aliphatic rings. The highest BCUT2D eigenvalue weighted by molar-refractivity contribution is 7.99. The fourth-order valence-corrected chi connectivity index (χ4v) is 3.22. The molecular weight excluding hydrogens is 274 g/mol. The Bertz CT molecular complexity index is 431. The molecule has 0 aliphatic carbocycles. The number of nitrogens with zero attached hydrogens (tertiary/aromatic N) is 1. The van der Waals surface area contributed by atoms with Crippen LogP contribution in [-0.4, -0.2) is 41.7 Å². The highest BCUT2D eigenvalue weighted by Gasteiger charge is 2.12. The number of amidine groups is 1. The molecular formula is C14H21N3O2S. The summed E-state index contributed by atoms with van der Waals surface area (Å²) in [6.45, 7) is 1.50. The van der Waals surface area contributed by atoms with E-state index in [-0.39, 0.29) is 5.84 Å². The van der Waals surface area contributed by atoms with Crippen molar-refractivity contribution in [2.75, 3.05) is 24.7 Å². The second-order valence-electron chi connectivity index (χ2n) is 4.73. The minimum Gasteiger partial charge on any atom is -0.492 e. The van der Waals surface area contributed by atoms with E-state index < -0.39 is 0 Å². The Hall–Kier alpha value is -1.40. The third-order valence-electron chi connectivity index (χ3n) is 3.22. The van der Waals surface area contributed by atoms with Crippen LogP contribution in [0.2, 0.25) is 0 Å². The molecule has 4 N–H and O–H groups in total. The van der Waals surface area contributed by atoms with Crippen LogP contribution in [-0.2, 0) is 0 Å². The summed E-state index contributed by atoms with van der Waals surface area (Å²) in [7, 11) is 0. The Labute approximate surface area is 123 Å². The maximum Gasteiger partial charge on any atom is 0.170 e. The lowest BCUT2D eigenvalue weighted by molar-refractivity contribution is 0.305. The monoisotopic (exact) mass is 295 g/mol. The number of hydrogen-bond donors (Lipinski definition) is 3. The van der Waals surface area contributed by atoms with E-state index in [1.165, 1.54) is 24.3 Å². The summed E-state index contributed by atoms with van der Waals surface area (Å²) >= 11 is 2.02. The lowest BCUT2D eigenvalue weighted by Gasteiger charge is -2.22. The number of nitrogens with two attached hydrogens (primary N) is 1. The Morgan fingerprint density at radius 2 is 2.25 bits per heavy atom. The van der Waals surface area contributed by atoms with Gasteiger partial charge in [-0.05, 0) is 42.9 Å². The molecule has 1 atom stereocenters. The average Bonchev–Trinajstić information content (AvgIpc) is 2.52. The lowest BCUT2D eigenvalue weighted by atomic mass is 10.2. The predicted octanol–water partition coefficient (Wildman–Crippen LogP) is 1.65. The van der Waals surface area contributed by atoms with Crippen LogP contribution >= 0.6 is 11.8 Å². The summed E-state index contributed by atoms with van der Waals surface area (Å²) in [6.07, 6.45) is 2.57. The van der Waals surface area contributed by atoms with Gasteiger partial charge in [-0.25, -0.2) is 0 Å². The van der Waals surface area contributed by atoms with Gasteiger partial charge in [-0.1, -0.05) is 5.16 Å². The molecule has 1 aliphatic heterocycles. The van der Waals surface area contributed by atoms with Crippen molar-refractivity contribution in [1.29, 1.82) is 0 Å². The molecule has 1 saturated heterocycles. The summed E-state index contributed by atoms with van der Waals surface area (Å²) in [5.74, 6) is 3.39. The molecule has 2 rings (SSSR count). The first-order valence-electron chi connectivity index (χ1n) is 6.81. The number of rotatable bonds is 6. The number of nitrogens with one attached hydrogen (secondary N) is 1. The van der Waals surface area contributed by atoms with Crippen molar-refractivity contribution in [1.82, 2.24) is 5.32 Å². The number of oxime groups is 1. The van der Waals surface area contributed by atoms with Crippen LogP contribution < -0.4 is 15.8 Å². The molecule has 0 aromatic heterocycles. The molecule has 0 bridgehead atoms. The molecule has 0 spiro atoms. The van der Waals surface area contributed by atoms with Crippen molar-refractivity contribution in [2.24, 2.45) is 10.9 Å². The standard InChI is InChI=1S/C14H21N3O2S/c15-14(17-18)11-3-5-13(6-4-11)19-8-7-16-12-2-1-9-20-10-12/h3-6,12,16,18H,1-2,7-10H2,(H2,15,17). The first-order valence-corrected chi connectivity index (χ1v) is 7.97. The molecule has 6 heteroatoms. The van der Waals surface area contributed by atoms with Crippen molar-refractivity contribution >= 4 is 17.6 Å². The minimum atomic E-state index is 0.105. The molecule has 1 heterocycles. The molecule has 0 saturated carbocycles. The van der Waals surface area contributed by atoms with E-state index in [9.17, 15) is 0 Å². The normalized spacial score (nSPS) is 19.8. The van der Waals surface area contributed by atoms with Crippen molar-refractivity contribution < 1.29 is 9.94 Å². The first-order chi connectivity index (χ1) is 9.79. The van der Waals surface area contributed by atoms with Crippen LogP contribution in [0, 0.1) is 0 Å². The van der Waals surface area contributed by atoms with Crippen LogP contribution in [0.5, 0.6) is 5.75 Å². The second kappa shape index (κ2) is 8.01. The zero-order chi connectivity index (χ0) is 14.2. The van der Waals surface area contributed by atoms with Crippen molar-refractivity contribution in [3.8, 4) is 5.75 Å². The largest absolute Gasteiger partial charge is 0.492 e. The molecule has 1 fully saturated rings. The Kier molecular flexibility index (Phi) is 6.01. The highest BCUT2D eigenvalue weighted by Crippen LogP contribution is 2.16. The quantitative estimate of drug-likeness (QED) is 0.244. The Morgan fingerprint density at radius 1 is 1.45 bits per heavy atom. The fraction of sp³-hybridized carbons (Fsp3) is 0.500. The highest BCUT2D eigenvalue weighted by atomic mass is 32.2. The number of hydrogen-bond acceptors (Lipinski definition) is 5. The summed E-state index contributed by atoms with van der Waals surface area (Å²) in [4.78, 5) is 0. The number of benzene rings is 1. The first kappa shape index (κ1) is 15.0. The van der Waals surface area contributed by atoms with E-state index in [1.807, 2.05) is 23.9 Å². The summed E-state index contributed by atoms with van der Waals surface area (Å²) in [6, 6.07) is 7.82. The van der Waals surface area contributed by atoms with Gasteiger partial charge in [-0.15, -0.1) is 0 Å². The van der Waals surface area contributed by atoms with Gasteiger partial charge < -0.3 is 21.0 Å². The van der Waals surface area contributed by atoms with E-state index in [2.05, 4.69) is 10.5 Å². The maximum atomic E-state index is 8.58. The molecule has 0 radical (unpaired) electrons. The zero-order valence-electron chi connectivity index (χ0n) is 11.4. The SMILES string of the molecule is N/C(=N/O)c1ccc(OCCNC2CCCSC2)cc1. The van der Waals surface area contributed by atoms with Crippen molar-refractivity contribution in [3.63, 3.8) is 0 Å². The summed E-state index contributed by atoms with van der Waals surface area (Å²) in [5.41, 5.74) is 6.17. The van der Waals surface area contributed by atoms with E-state index in [0.29, 0.717) is 18.2 Å². The van der Waals surface area contributed by atoms with Gasteiger partial charge in [0.25, 0.3) is 0 Å². The van der Waals surface area contributed by atoms with Gasteiger partial charge in [0, 0.05) is 23.9 Å².